The Labute approximate surface area is 128 Å². The van der Waals surface area contributed by atoms with Crippen LogP contribution in [0.4, 0.5) is 0 Å². The van der Waals surface area contributed by atoms with Crippen molar-refractivity contribution in [1.82, 2.24) is 5.32 Å². The summed E-state index contributed by atoms with van der Waals surface area (Å²) < 4.78 is 0. The molecule has 1 amide bonds. The zero-order valence-corrected chi connectivity index (χ0v) is 12.5. The predicted octanol–water partition coefficient (Wildman–Crippen LogP) is 3.18. The molecule has 0 spiro atoms. The number of carbonyl (C=O) groups excluding carboxylic acids is 1. The highest BCUT2D eigenvalue weighted by atomic mass is 35.5. The molecule has 1 aromatic carbocycles. The second-order valence-electron chi connectivity index (χ2n) is 5.25. The maximum Gasteiger partial charge on any atom is 0.307 e. The van der Waals surface area contributed by atoms with E-state index in [1.54, 1.807) is 6.07 Å². The van der Waals surface area contributed by atoms with Crippen molar-refractivity contribution in [1.29, 1.82) is 0 Å². The van der Waals surface area contributed by atoms with E-state index in [0.717, 1.165) is 5.56 Å². The van der Waals surface area contributed by atoms with Gasteiger partial charge in [0.15, 0.2) is 0 Å². The average Bonchev–Trinajstić information content (AvgIpc) is 2.47. The zero-order chi connectivity index (χ0) is 15.4. The number of allylic oxidation sites excluding steroid dienone is 2. The Hall–Kier alpha value is -1.81. The number of carbonyl (C=O) groups is 2. The summed E-state index contributed by atoms with van der Waals surface area (Å²) in [4.78, 5) is 23.6. The van der Waals surface area contributed by atoms with E-state index < -0.39 is 17.8 Å². The van der Waals surface area contributed by atoms with Crippen LogP contribution in [-0.4, -0.2) is 17.0 Å². The molecule has 1 aliphatic rings. The molecule has 0 fully saturated rings. The van der Waals surface area contributed by atoms with Crippen LogP contribution < -0.4 is 5.32 Å². The minimum atomic E-state index is -0.926. The number of benzene rings is 1. The Morgan fingerprint density at radius 2 is 1.86 bits per heavy atom. The number of carboxylic acid groups (broad SMARTS) is 1. The van der Waals surface area contributed by atoms with E-state index in [4.69, 9.17) is 11.6 Å². The van der Waals surface area contributed by atoms with E-state index >= 15 is 0 Å². The molecule has 0 saturated heterocycles. The van der Waals surface area contributed by atoms with Gasteiger partial charge in [0.05, 0.1) is 17.9 Å². The number of aliphatic carboxylic acids is 1. The lowest BCUT2D eigenvalue weighted by Gasteiger charge is -2.26. The first-order valence-electron chi connectivity index (χ1n) is 6.93. The highest BCUT2D eigenvalue weighted by Gasteiger charge is 2.34. The third-order valence-corrected chi connectivity index (χ3v) is 4.16. The van der Waals surface area contributed by atoms with Gasteiger partial charge in [0, 0.05) is 5.02 Å². The van der Waals surface area contributed by atoms with E-state index in [1.165, 1.54) is 0 Å². The summed E-state index contributed by atoms with van der Waals surface area (Å²) in [5.41, 5.74) is 0.825. The molecule has 2 rings (SSSR count). The minimum Gasteiger partial charge on any atom is -0.481 e. The van der Waals surface area contributed by atoms with Crippen LogP contribution in [-0.2, 0) is 9.59 Å². The van der Waals surface area contributed by atoms with Crippen LogP contribution in [0.1, 0.15) is 31.4 Å². The molecule has 0 heterocycles. The Morgan fingerprint density at radius 1 is 1.24 bits per heavy atom. The van der Waals surface area contributed by atoms with Gasteiger partial charge >= 0.3 is 5.97 Å². The molecule has 0 aromatic heterocycles. The second-order valence-corrected chi connectivity index (χ2v) is 5.65. The van der Waals surface area contributed by atoms with Crippen LogP contribution in [0.5, 0.6) is 0 Å². The third-order valence-electron chi connectivity index (χ3n) is 3.82. The van der Waals surface area contributed by atoms with Crippen molar-refractivity contribution in [3.8, 4) is 0 Å². The second kappa shape index (κ2) is 6.76. The van der Waals surface area contributed by atoms with Crippen molar-refractivity contribution in [2.24, 2.45) is 11.8 Å². The van der Waals surface area contributed by atoms with E-state index in [2.05, 4.69) is 5.32 Å². The molecule has 2 N–H and O–H groups in total. The van der Waals surface area contributed by atoms with Crippen LogP contribution in [0, 0.1) is 11.8 Å². The van der Waals surface area contributed by atoms with Crippen molar-refractivity contribution in [3.63, 3.8) is 0 Å². The lowest BCUT2D eigenvalue weighted by molar-refractivity contribution is -0.147. The standard InChI is InChI=1S/C16H18ClNO3/c1-10(11-6-4-5-9-14(11)17)18-15(19)12-7-2-3-8-13(12)16(20)21/h2-6,9-10,12-13H,7-8H2,1H3,(H,18,19)(H,20,21)/t10-,12?,13?/m0/s1. The van der Waals surface area contributed by atoms with Gasteiger partial charge in [-0.15, -0.1) is 0 Å². The van der Waals surface area contributed by atoms with Crippen molar-refractivity contribution >= 4 is 23.5 Å². The highest BCUT2D eigenvalue weighted by molar-refractivity contribution is 6.31. The van der Waals surface area contributed by atoms with Crippen molar-refractivity contribution in [3.05, 3.63) is 47.0 Å². The molecule has 0 bridgehead atoms. The molecular weight excluding hydrogens is 290 g/mol. The fourth-order valence-electron chi connectivity index (χ4n) is 2.60. The SMILES string of the molecule is C[C@H](NC(=O)C1CC=CCC1C(=O)O)c1ccccc1Cl. The molecule has 2 unspecified atom stereocenters. The van der Waals surface area contributed by atoms with Crippen molar-refractivity contribution in [2.75, 3.05) is 0 Å². The lowest BCUT2D eigenvalue weighted by Crippen LogP contribution is -2.39. The Kier molecular flexibility index (Phi) is 5.02. The minimum absolute atomic E-state index is 0.237. The predicted molar refractivity (Wildman–Crippen MR) is 81.0 cm³/mol. The van der Waals surface area contributed by atoms with Crippen molar-refractivity contribution in [2.45, 2.75) is 25.8 Å². The van der Waals surface area contributed by atoms with Crippen molar-refractivity contribution < 1.29 is 14.7 Å². The van der Waals surface area contributed by atoms with Crippen LogP contribution in [0.2, 0.25) is 5.02 Å². The van der Waals surface area contributed by atoms with Crippen LogP contribution in [0.15, 0.2) is 36.4 Å². The molecule has 21 heavy (non-hydrogen) atoms. The fourth-order valence-corrected chi connectivity index (χ4v) is 2.90. The fraction of sp³-hybridized carbons (Fsp3) is 0.375. The molecule has 0 saturated carbocycles. The van der Waals surface area contributed by atoms with Gasteiger partial charge in [0.1, 0.15) is 0 Å². The molecule has 1 aliphatic carbocycles. The largest absolute Gasteiger partial charge is 0.481 e. The topological polar surface area (TPSA) is 66.4 Å². The third kappa shape index (κ3) is 3.64. The van der Waals surface area contributed by atoms with E-state index in [1.807, 2.05) is 37.3 Å². The molecule has 5 heteroatoms. The van der Waals surface area contributed by atoms with E-state index in [9.17, 15) is 14.7 Å². The van der Waals surface area contributed by atoms with Gasteiger partial charge in [0.25, 0.3) is 0 Å². The number of rotatable bonds is 4. The van der Waals surface area contributed by atoms with Gasteiger partial charge in [-0.3, -0.25) is 9.59 Å². The maximum atomic E-state index is 12.4. The number of nitrogens with one attached hydrogen (secondary N) is 1. The summed E-state index contributed by atoms with van der Waals surface area (Å²) in [6.07, 6.45) is 4.54. The molecule has 4 nitrogen and oxygen atoms in total. The summed E-state index contributed by atoms with van der Waals surface area (Å²) in [5.74, 6) is -2.35. The molecule has 1 aromatic rings. The van der Waals surface area contributed by atoms with Gasteiger partial charge in [-0.05, 0) is 31.4 Å². The van der Waals surface area contributed by atoms with Gasteiger partial charge in [-0.2, -0.15) is 0 Å². The summed E-state index contributed by atoms with van der Waals surface area (Å²) in [5, 5.41) is 12.7. The van der Waals surface area contributed by atoms with E-state index in [0.29, 0.717) is 17.9 Å². The van der Waals surface area contributed by atoms with Gasteiger partial charge in [0.2, 0.25) is 5.91 Å². The number of hydrogen-bond acceptors (Lipinski definition) is 2. The van der Waals surface area contributed by atoms with Crippen LogP contribution in [0.25, 0.3) is 0 Å². The first kappa shape index (κ1) is 15.6. The monoisotopic (exact) mass is 307 g/mol. The summed E-state index contributed by atoms with van der Waals surface area (Å²) in [6.45, 7) is 1.84. The maximum absolute atomic E-state index is 12.4. The Balaban J connectivity index is 2.08. The zero-order valence-electron chi connectivity index (χ0n) is 11.8. The summed E-state index contributed by atoms with van der Waals surface area (Å²) >= 11 is 6.11. The summed E-state index contributed by atoms with van der Waals surface area (Å²) in [7, 11) is 0. The van der Waals surface area contributed by atoms with E-state index in [-0.39, 0.29) is 11.9 Å². The Bertz CT molecular complexity index is 570. The quantitative estimate of drug-likeness (QED) is 0.840. The number of amides is 1. The molecule has 3 atom stereocenters. The van der Waals surface area contributed by atoms with Gasteiger partial charge in [-0.25, -0.2) is 0 Å². The lowest BCUT2D eigenvalue weighted by atomic mass is 9.82. The Morgan fingerprint density at radius 3 is 2.48 bits per heavy atom. The van der Waals surface area contributed by atoms with Crippen LogP contribution >= 0.6 is 11.6 Å². The molecule has 112 valence electrons. The average molecular weight is 308 g/mol. The first-order valence-corrected chi connectivity index (χ1v) is 7.31. The smallest absolute Gasteiger partial charge is 0.307 e. The summed E-state index contributed by atoms with van der Waals surface area (Å²) in [6, 6.07) is 7.04. The number of halogens is 1. The first-order chi connectivity index (χ1) is 10.0. The van der Waals surface area contributed by atoms with Gasteiger partial charge < -0.3 is 10.4 Å². The molecule has 0 aliphatic heterocycles. The number of hydrogen-bond donors (Lipinski definition) is 2. The highest BCUT2D eigenvalue weighted by Crippen LogP contribution is 2.28. The van der Waals surface area contributed by atoms with Gasteiger partial charge in [-0.1, -0.05) is 42.0 Å². The normalized spacial score (nSPS) is 22.6. The van der Waals surface area contributed by atoms with Crippen LogP contribution in [0.3, 0.4) is 0 Å². The number of carboxylic acids is 1. The molecule has 0 radical (unpaired) electrons. The molecular formula is C16H18ClNO3.